The van der Waals surface area contributed by atoms with E-state index in [0.29, 0.717) is 18.1 Å². The van der Waals surface area contributed by atoms with Crippen molar-refractivity contribution in [2.24, 2.45) is 4.99 Å². The number of anilines is 1. The van der Waals surface area contributed by atoms with Crippen LogP contribution in [0, 0.1) is 0 Å². The maximum Gasteiger partial charge on any atom is 0.573 e. The summed E-state index contributed by atoms with van der Waals surface area (Å²) in [5.74, 6) is 0.346. The molecule has 0 saturated heterocycles. The number of nitrogens with zero attached hydrogens (tertiary/aromatic N) is 2. The Morgan fingerprint density at radius 2 is 2.04 bits per heavy atom. The van der Waals surface area contributed by atoms with Crippen molar-refractivity contribution in [3.8, 4) is 5.75 Å². The van der Waals surface area contributed by atoms with Crippen LogP contribution in [-0.2, 0) is 0 Å². The van der Waals surface area contributed by atoms with E-state index in [1.165, 1.54) is 30.5 Å². The Bertz CT molecular complexity index is 707. The highest BCUT2D eigenvalue weighted by Crippen LogP contribution is 2.25. The maximum atomic E-state index is 12.2. The first-order chi connectivity index (χ1) is 11.8. The third kappa shape index (κ3) is 5.12. The SMILES string of the molecule is C=C/N=C1\C(=C(/C)Nc2ccc(OC(F)(F)F)cc2)C=CN1CCO. The molecule has 2 N–H and O–H groups in total. The number of rotatable bonds is 6. The second kappa shape index (κ2) is 7.89. The summed E-state index contributed by atoms with van der Waals surface area (Å²) in [6, 6.07) is 5.43. The quantitative estimate of drug-likeness (QED) is 0.820. The van der Waals surface area contributed by atoms with E-state index < -0.39 is 6.36 Å². The highest BCUT2D eigenvalue weighted by molar-refractivity contribution is 6.05. The average molecular weight is 353 g/mol. The van der Waals surface area contributed by atoms with Gasteiger partial charge in [0, 0.05) is 35.9 Å². The zero-order valence-electron chi connectivity index (χ0n) is 13.5. The van der Waals surface area contributed by atoms with Crippen LogP contribution < -0.4 is 10.1 Å². The molecule has 0 aliphatic carbocycles. The van der Waals surface area contributed by atoms with Gasteiger partial charge in [-0.15, -0.1) is 13.2 Å². The number of aliphatic hydroxyl groups is 1. The van der Waals surface area contributed by atoms with Crippen LogP contribution in [-0.4, -0.2) is 35.4 Å². The first kappa shape index (κ1) is 18.6. The first-order valence-electron chi connectivity index (χ1n) is 7.42. The third-order valence-electron chi connectivity index (χ3n) is 3.31. The van der Waals surface area contributed by atoms with E-state index in [0.717, 1.165) is 11.3 Å². The summed E-state index contributed by atoms with van der Waals surface area (Å²) in [5.41, 5.74) is 2.15. The molecule has 0 fully saturated rings. The molecule has 0 spiro atoms. The number of hydrogen-bond acceptors (Lipinski definition) is 4. The molecule has 1 heterocycles. The van der Waals surface area contributed by atoms with Gasteiger partial charge in [0.1, 0.15) is 11.6 Å². The molecular formula is C17H18F3N3O2. The van der Waals surface area contributed by atoms with Crippen LogP contribution in [0.5, 0.6) is 5.75 Å². The van der Waals surface area contributed by atoms with E-state index >= 15 is 0 Å². The lowest BCUT2D eigenvalue weighted by Gasteiger charge is -2.17. The van der Waals surface area contributed by atoms with Crippen LogP contribution >= 0.6 is 0 Å². The van der Waals surface area contributed by atoms with Crippen molar-refractivity contribution in [2.45, 2.75) is 13.3 Å². The van der Waals surface area contributed by atoms with Gasteiger partial charge < -0.3 is 20.1 Å². The molecule has 1 aliphatic rings. The van der Waals surface area contributed by atoms with Crippen molar-refractivity contribution in [1.82, 2.24) is 4.90 Å². The minimum Gasteiger partial charge on any atom is -0.406 e. The number of ether oxygens (including phenoxy) is 1. The lowest BCUT2D eigenvalue weighted by Crippen LogP contribution is -2.26. The van der Waals surface area contributed by atoms with Crippen molar-refractivity contribution in [1.29, 1.82) is 0 Å². The number of β-amino-alcohol motifs (C(OH)–C–C–N with tert-alkyl or cyclic N) is 1. The highest BCUT2D eigenvalue weighted by atomic mass is 19.4. The molecule has 8 heteroatoms. The van der Waals surface area contributed by atoms with Crippen molar-refractivity contribution in [3.05, 3.63) is 60.6 Å². The summed E-state index contributed by atoms with van der Waals surface area (Å²) >= 11 is 0. The monoisotopic (exact) mass is 353 g/mol. The molecule has 134 valence electrons. The molecule has 0 unspecified atom stereocenters. The van der Waals surface area contributed by atoms with Crippen LogP contribution in [0.2, 0.25) is 0 Å². The smallest absolute Gasteiger partial charge is 0.406 e. The molecule has 0 saturated carbocycles. The Morgan fingerprint density at radius 3 is 2.60 bits per heavy atom. The van der Waals surface area contributed by atoms with Gasteiger partial charge in [0.25, 0.3) is 0 Å². The Hall–Kier alpha value is -2.74. The number of nitrogens with one attached hydrogen (secondary N) is 1. The number of alkyl halides is 3. The number of hydrogen-bond donors (Lipinski definition) is 2. The van der Waals surface area contributed by atoms with Crippen LogP contribution in [0.4, 0.5) is 18.9 Å². The van der Waals surface area contributed by atoms with Gasteiger partial charge in [-0.2, -0.15) is 0 Å². The van der Waals surface area contributed by atoms with Gasteiger partial charge in [0.15, 0.2) is 0 Å². The number of aliphatic imine (C=N–C) groups is 1. The van der Waals surface area contributed by atoms with E-state index in [1.54, 1.807) is 11.1 Å². The van der Waals surface area contributed by atoms with Crippen LogP contribution in [0.3, 0.4) is 0 Å². The Morgan fingerprint density at radius 1 is 1.36 bits per heavy atom. The molecule has 1 aromatic rings. The summed E-state index contributed by atoms with van der Waals surface area (Å²) in [6.07, 6.45) is 0.317. The fourth-order valence-electron chi connectivity index (χ4n) is 2.30. The van der Waals surface area contributed by atoms with Gasteiger partial charge in [-0.05, 0) is 37.3 Å². The van der Waals surface area contributed by atoms with E-state index in [1.807, 2.05) is 13.0 Å². The van der Waals surface area contributed by atoms with E-state index in [9.17, 15) is 13.2 Å². The van der Waals surface area contributed by atoms with Crippen LogP contribution in [0.1, 0.15) is 6.92 Å². The minimum atomic E-state index is -4.71. The largest absolute Gasteiger partial charge is 0.573 e. The van der Waals surface area contributed by atoms with Gasteiger partial charge in [-0.25, -0.2) is 4.99 Å². The number of aliphatic hydroxyl groups excluding tert-OH is 1. The molecule has 0 bridgehead atoms. The molecule has 1 aromatic carbocycles. The number of halogens is 3. The molecular weight excluding hydrogens is 335 g/mol. The summed E-state index contributed by atoms with van der Waals surface area (Å²) in [4.78, 5) is 5.99. The van der Waals surface area contributed by atoms with E-state index in [-0.39, 0.29) is 12.4 Å². The Balaban J connectivity index is 2.16. The summed E-state index contributed by atoms with van der Waals surface area (Å²) in [7, 11) is 0. The zero-order valence-corrected chi connectivity index (χ0v) is 13.5. The molecule has 0 atom stereocenters. The molecule has 0 aromatic heterocycles. The Kier molecular flexibility index (Phi) is 5.87. The highest BCUT2D eigenvalue weighted by Gasteiger charge is 2.31. The van der Waals surface area contributed by atoms with Crippen molar-refractivity contribution in [3.63, 3.8) is 0 Å². The van der Waals surface area contributed by atoms with Crippen molar-refractivity contribution >= 4 is 11.5 Å². The minimum absolute atomic E-state index is 0.0269. The number of amidine groups is 1. The van der Waals surface area contributed by atoms with Gasteiger partial charge >= 0.3 is 6.36 Å². The van der Waals surface area contributed by atoms with Gasteiger partial charge in [-0.3, -0.25) is 0 Å². The third-order valence-corrected chi connectivity index (χ3v) is 3.31. The fraction of sp³-hybridized carbons (Fsp3) is 0.235. The predicted molar refractivity (Wildman–Crippen MR) is 90.0 cm³/mol. The molecule has 2 rings (SSSR count). The van der Waals surface area contributed by atoms with Crippen LogP contribution in [0.25, 0.3) is 0 Å². The molecule has 5 nitrogen and oxygen atoms in total. The molecule has 25 heavy (non-hydrogen) atoms. The second-order valence-electron chi connectivity index (χ2n) is 5.10. The topological polar surface area (TPSA) is 57.1 Å². The van der Waals surface area contributed by atoms with E-state index in [4.69, 9.17) is 5.11 Å². The van der Waals surface area contributed by atoms with E-state index in [2.05, 4.69) is 21.6 Å². The second-order valence-corrected chi connectivity index (χ2v) is 5.10. The number of allylic oxidation sites excluding steroid dienone is 1. The first-order valence-corrected chi connectivity index (χ1v) is 7.42. The molecule has 0 radical (unpaired) electrons. The standard InChI is InChI=1S/C17H18F3N3O2/c1-3-21-16-15(8-9-23(16)10-11-24)12(2)22-13-4-6-14(7-5-13)25-17(18,19)20/h3-9,22,24H,1,10-11H2,2H3/b15-12+,21-16+. The van der Waals surface area contributed by atoms with Crippen LogP contribution in [0.15, 0.2) is 65.6 Å². The maximum absolute atomic E-state index is 12.2. The fourth-order valence-corrected chi connectivity index (χ4v) is 2.30. The Labute approximate surface area is 143 Å². The van der Waals surface area contributed by atoms with Gasteiger partial charge in [-0.1, -0.05) is 6.58 Å². The van der Waals surface area contributed by atoms with Gasteiger partial charge in [0.2, 0.25) is 0 Å². The summed E-state index contributed by atoms with van der Waals surface area (Å²) in [6.45, 7) is 5.77. The van der Waals surface area contributed by atoms with Crippen molar-refractivity contribution < 1.29 is 23.0 Å². The summed E-state index contributed by atoms with van der Waals surface area (Å²) < 4.78 is 40.4. The summed E-state index contributed by atoms with van der Waals surface area (Å²) in [5, 5.41) is 12.2. The lowest BCUT2D eigenvalue weighted by molar-refractivity contribution is -0.274. The predicted octanol–water partition coefficient (Wildman–Crippen LogP) is 3.63. The van der Waals surface area contributed by atoms with Crippen molar-refractivity contribution in [2.75, 3.05) is 18.5 Å². The number of benzene rings is 1. The molecule has 0 amide bonds. The average Bonchev–Trinajstić information content (AvgIpc) is 2.92. The zero-order chi connectivity index (χ0) is 18.4. The lowest BCUT2D eigenvalue weighted by atomic mass is 10.2. The molecule has 1 aliphatic heterocycles. The normalized spacial score (nSPS) is 17.8. The van der Waals surface area contributed by atoms with Gasteiger partial charge in [0.05, 0.1) is 6.61 Å².